The highest BCUT2D eigenvalue weighted by molar-refractivity contribution is 5.95. The monoisotopic (exact) mass is 389 g/mol. The first-order valence-electron chi connectivity index (χ1n) is 9.78. The van der Waals surface area contributed by atoms with Crippen LogP contribution >= 0.6 is 0 Å². The molecular formula is C23H23N3O3. The molecule has 1 N–H and O–H groups in total. The number of carbonyl (C=O) groups is 1. The van der Waals surface area contributed by atoms with Gasteiger partial charge in [0.15, 0.2) is 17.3 Å². The van der Waals surface area contributed by atoms with Gasteiger partial charge in [-0.25, -0.2) is 4.98 Å². The van der Waals surface area contributed by atoms with Crippen molar-refractivity contribution >= 4 is 5.91 Å². The maximum Gasteiger partial charge on any atom is 0.251 e. The second kappa shape index (κ2) is 8.73. The van der Waals surface area contributed by atoms with Crippen LogP contribution in [0.15, 0.2) is 60.8 Å². The molecule has 1 aliphatic rings. The molecule has 0 radical (unpaired) electrons. The fourth-order valence-electron chi connectivity index (χ4n) is 3.49. The molecule has 3 aromatic rings. The summed E-state index contributed by atoms with van der Waals surface area (Å²) in [4.78, 5) is 21.4. The van der Waals surface area contributed by atoms with Crippen LogP contribution in [0.2, 0.25) is 0 Å². The van der Waals surface area contributed by atoms with Gasteiger partial charge in [0.2, 0.25) is 5.88 Å². The zero-order chi connectivity index (χ0) is 20.1. The van der Waals surface area contributed by atoms with E-state index >= 15 is 0 Å². The minimum Gasteiger partial charge on any atom is -0.493 e. The predicted molar refractivity (Wildman–Crippen MR) is 110 cm³/mol. The van der Waals surface area contributed by atoms with Crippen LogP contribution < -0.4 is 14.8 Å². The summed E-state index contributed by atoms with van der Waals surface area (Å²) in [6, 6.07) is 16.7. The number of nitrogens with one attached hydrogen (secondary N) is 1. The van der Waals surface area contributed by atoms with Gasteiger partial charge in [0.05, 0.1) is 7.11 Å². The Kier molecular flexibility index (Phi) is 5.70. The van der Waals surface area contributed by atoms with Gasteiger partial charge in [-0.3, -0.25) is 4.79 Å². The number of nitrogens with zero attached hydrogens (tertiary/aromatic N) is 2. The van der Waals surface area contributed by atoms with Crippen LogP contribution in [-0.4, -0.2) is 29.0 Å². The Morgan fingerprint density at radius 3 is 2.62 bits per heavy atom. The molecule has 1 saturated carbocycles. The Labute approximate surface area is 169 Å². The standard InChI is InChI=1S/C23H23N3O3/c1-28-19-11-4-5-12-20(19)29-21-13-14-24-22(26-21)16-7-6-8-17(15-16)23(27)25-18-9-2-3-10-18/h4-8,11-15,18H,2-3,9-10H2,1H3,(H,25,27). The number of aromatic nitrogens is 2. The molecule has 0 unspecified atom stereocenters. The van der Waals surface area contributed by atoms with Crippen molar-refractivity contribution < 1.29 is 14.3 Å². The van der Waals surface area contributed by atoms with Crippen LogP contribution in [0.3, 0.4) is 0 Å². The van der Waals surface area contributed by atoms with E-state index in [0.717, 1.165) is 18.4 Å². The highest BCUT2D eigenvalue weighted by atomic mass is 16.5. The van der Waals surface area contributed by atoms with Crippen LogP contribution in [0.25, 0.3) is 11.4 Å². The third-order valence-corrected chi connectivity index (χ3v) is 4.99. The van der Waals surface area contributed by atoms with E-state index < -0.39 is 0 Å². The molecule has 4 rings (SSSR count). The Morgan fingerprint density at radius 2 is 1.83 bits per heavy atom. The third kappa shape index (κ3) is 4.54. The Balaban J connectivity index is 1.54. The van der Waals surface area contributed by atoms with Crippen molar-refractivity contribution in [2.75, 3.05) is 7.11 Å². The van der Waals surface area contributed by atoms with E-state index in [-0.39, 0.29) is 11.9 Å². The molecule has 1 amide bonds. The van der Waals surface area contributed by atoms with Crippen molar-refractivity contribution in [3.8, 4) is 28.8 Å². The molecule has 1 fully saturated rings. The normalized spacial score (nSPS) is 13.8. The largest absolute Gasteiger partial charge is 0.493 e. The Bertz CT molecular complexity index is 1000. The molecule has 0 aliphatic heterocycles. The van der Waals surface area contributed by atoms with Gasteiger partial charge < -0.3 is 14.8 Å². The molecule has 1 aliphatic carbocycles. The summed E-state index contributed by atoms with van der Waals surface area (Å²) in [5, 5.41) is 3.11. The molecule has 29 heavy (non-hydrogen) atoms. The van der Waals surface area contributed by atoms with Crippen molar-refractivity contribution in [2.24, 2.45) is 0 Å². The highest BCUT2D eigenvalue weighted by Crippen LogP contribution is 2.30. The van der Waals surface area contributed by atoms with Gasteiger partial charge >= 0.3 is 0 Å². The van der Waals surface area contributed by atoms with Crippen LogP contribution in [0.1, 0.15) is 36.0 Å². The Hall–Kier alpha value is -3.41. The average molecular weight is 389 g/mol. The zero-order valence-corrected chi connectivity index (χ0v) is 16.3. The minimum atomic E-state index is -0.0554. The van der Waals surface area contributed by atoms with E-state index in [9.17, 15) is 4.79 Å². The van der Waals surface area contributed by atoms with Gasteiger partial charge in [-0.2, -0.15) is 4.98 Å². The molecule has 0 saturated heterocycles. The number of ether oxygens (including phenoxy) is 2. The van der Waals surface area contributed by atoms with E-state index in [1.807, 2.05) is 48.5 Å². The van der Waals surface area contributed by atoms with E-state index in [2.05, 4.69) is 15.3 Å². The van der Waals surface area contributed by atoms with E-state index in [0.29, 0.717) is 28.8 Å². The molecule has 148 valence electrons. The summed E-state index contributed by atoms with van der Waals surface area (Å²) in [6.45, 7) is 0. The lowest BCUT2D eigenvalue weighted by molar-refractivity contribution is 0.0938. The topological polar surface area (TPSA) is 73.3 Å². The molecule has 6 heteroatoms. The number of para-hydroxylation sites is 2. The van der Waals surface area contributed by atoms with Crippen LogP contribution in [0.4, 0.5) is 0 Å². The Morgan fingerprint density at radius 1 is 1.03 bits per heavy atom. The first kappa shape index (κ1) is 18.9. The van der Waals surface area contributed by atoms with Crippen molar-refractivity contribution in [2.45, 2.75) is 31.7 Å². The maximum atomic E-state index is 12.6. The molecule has 0 atom stereocenters. The SMILES string of the molecule is COc1ccccc1Oc1ccnc(-c2cccc(C(=O)NC3CCCC3)c2)n1. The van der Waals surface area contributed by atoms with Crippen LogP contribution in [0.5, 0.6) is 17.4 Å². The number of hydrogen-bond donors (Lipinski definition) is 1. The van der Waals surface area contributed by atoms with Gasteiger partial charge in [-0.15, -0.1) is 0 Å². The number of carbonyl (C=O) groups excluding carboxylic acids is 1. The van der Waals surface area contributed by atoms with E-state index in [1.165, 1.54) is 12.8 Å². The molecular weight excluding hydrogens is 366 g/mol. The number of rotatable bonds is 6. The fourth-order valence-corrected chi connectivity index (χ4v) is 3.49. The smallest absolute Gasteiger partial charge is 0.251 e. The van der Waals surface area contributed by atoms with Gasteiger partial charge in [0.25, 0.3) is 5.91 Å². The van der Waals surface area contributed by atoms with E-state index in [4.69, 9.17) is 9.47 Å². The summed E-state index contributed by atoms with van der Waals surface area (Å²) in [5.74, 6) is 2.04. The lowest BCUT2D eigenvalue weighted by atomic mass is 10.1. The summed E-state index contributed by atoms with van der Waals surface area (Å²) in [6.07, 6.45) is 6.10. The summed E-state index contributed by atoms with van der Waals surface area (Å²) in [5.41, 5.74) is 1.36. The first-order chi connectivity index (χ1) is 14.2. The van der Waals surface area contributed by atoms with Gasteiger partial charge in [0.1, 0.15) is 0 Å². The number of amides is 1. The first-order valence-corrected chi connectivity index (χ1v) is 9.78. The average Bonchev–Trinajstić information content (AvgIpc) is 3.27. The van der Waals surface area contributed by atoms with Crippen molar-refractivity contribution in [1.29, 1.82) is 0 Å². The fraction of sp³-hybridized carbons (Fsp3) is 0.261. The summed E-state index contributed by atoms with van der Waals surface area (Å²) >= 11 is 0. The predicted octanol–water partition coefficient (Wildman–Crippen LogP) is 4.62. The van der Waals surface area contributed by atoms with Crippen LogP contribution in [0, 0.1) is 0 Å². The zero-order valence-electron chi connectivity index (χ0n) is 16.3. The summed E-state index contributed by atoms with van der Waals surface area (Å²) < 4.78 is 11.2. The molecule has 1 heterocycles. The molecule has 0 bridgehead atoms. The molecule has 6 nitrogen and oxygen atoms in total. The van der Waals surface area contributed by atoms with Crippen molar-refractivity contribution in [1.82, 2.24) is 15.3 Å². The second-order valence-electron chi connectivity index (χ2n) is 7.01. The number of benzene rings is 2. The quantitative estimate of drug-likeness (QED) is 0.666. The lowest BCUT2D eigenvalue weighted by Gasteiger charge is -2.12. The molecule has 2 aromatic carbocycles. The number of hydrogen-bond acceptors (Lipinski definition) is 5. The van der Waals surface area contributed by atoms with Crippen molar-refractivity contribution in [3.63, 3.8) is 0 Å². The molecule has 0 spiro atoms. The number of methoxy groups -OCH3 is 1. The van der Waals surface area contributed by atoms with Crippen LogP contribution in [-0.2, 0) is 0 Å². The van der Waals surface area contributed by atoms with Crippen molar-refractivity contribution in [3.05, 3.63) is 66.4 Å². The highest BCUT2D eigenvalue weighted by Gasteiger charge is 2.18. The van der Waals surface area contributed by atoms with Gasteiger partial charge in [-0.05, 0) is 37.1 Å². The minimum absolute atomic E-state index is 0.0554. The second-order valence-corrected chi connectivity index (χ2v) is 7.01. The van der Waals surface area contributed by atoms with Gasteiger partial charge in [0, 0.05) is 29.4 Å². The molecule has 1 aromatic heterocycles. The van der Waals surface area contributed by atoms with Gasteiger partial charge in [-0.1, -0.05) is 37.1 Å². The lowest BCUT2D eigenvalue weighted by Crippen LogP contribution is -2.32. The summed E-state index contributed by atoms with van der Waals surface area (Å²) in [7, 11) is 1.59. The maximum absolute atomic E-state index is 12.6. The third-order valence-electron chi connectivity index (χ3n) is 4.99. The van der Waals surface area contributed by atoms with E-state index in [1.54, 1.807) is 19.4 Å².